The molecular weight excluding hydrogens is 356 g/mol. The van der Waals surface area contributed by atoms with Crippen LogP contribution in [0.4, 0.5) is 5.69 Å². The van der Waals surface area contributed by atoms with E-state index < -0.39 is 0 Å². The first-order valence-corrected chi connectivity index (χ1v) is 9.47. The predicted octanol–water partition coefficient (Wildman–Crippen LogP) is 3.38. The maximum atomic E-state index is 12.5. The molecule has 1 saturated heterocycles. The van der Waals surface area contributed by atoms with Crippen LogP contribution in [0.15, 0.2) is 48.5 Å². The second kappa shape index (κ2) is 9.26. The number of amides is 1. The molecule has 1 fully saturated rings. The van der Waals surface area contributed by atoms with E-state index >= 15 is 0 Å². The third-order valence-electron chi connectivity index (χ3n) is 4.86. The summed E-state index contributed by atoms with van der Waals surface area (Å²) < 4.78 is 10.8. The molecule has 1 N–H and O–H groups in total. The molecule has 0 saturated carbocycles. The quantitative estimate of drug-likeness (QED) is 0.744. The smallest absolute Gasteiger partial charge is 0.260 e. The van der Waals surface area contributed by atoms with E-state index in [1.807, 2.05) is 29.2 Å². The van der Waals surface area contributed by atoms with Crippen LogP contribution >= 0.6 is 0 Å². The molecule has 6 heteroatoms. The zero-order valence-electron chi connectivity index (χ0n) is 16.3. The summed E-state index contributed by atoms with van der Waals surface area (Å²) in [5.74, 6) is 1.38. The van der Waals surface area contributed by atoms with Gasteiger partial charge in [0.05, 0.1) is 7.11 Å². The van der Waals surface area contributed by atoms with Gasteiger partial charge in [-0.15, -0.1) is 0 Å². The highest BCUT2D eigenvalue weighted by atomic mass is 16.5. The average molecular weight is 382 g/mol. The fourth-order valence-electron chi connectivity index (χ4n) is 3.27. The number of benzene rings is 2. The molecule has 1 atom stereocenters. The maximum Gasteiger partial charge on any atom is 0.260 e. The average Bonchev–Trinajstić information content (AvgIpc) is 2.73. The van der Waals surface area contributed by atoms with E-state index in [1.165, 1.54) is 6.92 Å². The Hall–Kier alpha value is -3.02. The Labute approximate surface area is 165 Å². The van der Waals surface area contributed by atoms with Crippen LogP contribution in [0.25, 0.3) is 0 Å². The van der Waals surface area contributed by atoms with E-state index in [9.17, 15) is 9.59 Å². The zero-order chi connectivity index (χ0) is 19.9. The van der Waals surface area contributed by atoms with Crippen molar-refractivity contribution in [2.24, 2.45) is 0 Å². The Morgan fingerprint density at radius 2 is 1.75 bits per heavy atom. The number of hydrogen-bond donors (Lipinski definition) is 1. The van der Waals surface area contributed by atoms with Gasteiger partial charge in [-0.2, -0.15) is 0 Å². The van der Waals surface area contributed by atoms with Gasteiger partial charge in [-0.3, -0.25) is 9.59 Å². The fraction of sp³-hybridized carbons (Fsp3) is 0.364. The molecule has 28 heavy (non-hydrogen) atoms. The molecule has 3 rings (SSSR count). The molecule has 148 valence electrons. The molecule has 1 heterocycles. The lowest BCUT2D eigenvalue weighted by atomic mass is 10.1. The van der Waals surface area contributed by atoms with Crippen LogP contribution in [-0.2, 0) is 4.79 Å². The van der Waals surface area contributed by atoms with E-state index in [0.29, 0.717) is 17.9 Å². The van der Waals surface area contributed by atoms with Gasteiger partial charge in [-0.05, 0) is 68.3 Å². The summed E-state index contributed by atoms with van der Waals surface area (Å²) in [5, 5.41) is 3.49. The van der Waals surface area contributed by atoms with Gasteiger partial charge in [-0.1, -0.05) is 0 Å². The molecule has 2 aromatic rings. The van der Waals surface area contributed by atoms with Gasteiger partial charge >= 0.3 is 0 Å². The number of anilines is 1. The molecule has 2 aromatic carbocycles. The first-order valence-electron chi connectivity index (χ1n) is 9.47. The first-order chi connectivity index (χ1) is 13.5. The van der Waals surface area contributed by atoms with Crippen LogP contribution in [-0.4, -0.2) is 49.4 Å². The molecule has 0 radical (unpaired) electrons. The molecule has 0 aliphatic carbocycles. The minimum Gasteiger partial charge on any atom is -0.497 e. The number of nitrogens with zero attached hydrogens (tertiary/aromatic N) is 1. The van der Waals surface area contributed by atoms with Crippen molar-refractivity contribution in [3.8, 4) is 11.5 Å². The van der Waals surface area contributed by atoms with Crippen LogP contribution in [0.1, 0.15) is 30.1 Å². The van der Waals surface area contributed by atoms with Gasteiger partial charge in [0.1, 0.15) is 11.5 Å². The third kappa shape index (κ3) is 5.25. The Bertz CT molecular complexity index is 802. The van der Waals surface area contributed by atoms with Crippen LogP contribution in [0, 0.1) is 0 Å². The summed E-state index contributed by atoms with van der Waals surface area (Å²) in [4.78, 5) is 25.7. The molecule has 6 nitrogen and oxygen atoms in total. The summed E-state index contributed by atoms with van der Waals surface area (Å²) in [7, 11) is 1.65. The van der Waals surface area contributed by atoms with E-state index in [1.54, 1.807) is 31.4 Å². The summed E-state index contributed by atoms with van der Waals surface area (Å²) in [6.45, 7) is 2.91. The third-order valence-corrected chi connectivity index (χ3v) is 4.86. The largest absolute Gasteiger partial charge is 0.497 e. The monoisotopic (exact) mass is 382 g/mol. The molecule has 1 aliphatic heterocycles. The Morgan fingerprint density at radius 3 is 2.39 bits per heavy atom. The number of carbonyl (C=O) groups excluding carboxylic acids is 2. The number of ketones is 1. The second-order valence-corrected chi connectivity index (χ2v) is 6.92. The standard InChI is InChI=1S/C22H26N2O4/c1-16(25)17-5-9-21(10-6-17)28-15-22(26)24-13-3-4-19(14-24)23-18-7-11-20(27-2)12-8-18/h5-12,19,23H,3-4,13-15H2,1-2H3/t19-/m0/s1. The molecule has 0 unspecified atom stereocenters. The van der Waals surface area contributed by atoms with Gasteiger partial charge in [0.15, 0.2) is 12.4 Å². The lowest BCUT2D eigenvalue weighted by Crippen LogP contribution is -2.46. The lowest BCUT2D eigenvalue weighted by molar-refractivity contribution is -0.134. The highest BCUT2D eigenvalue weighted by Gasteiger charge is 2.23. The number of likely N-dealkylation sites (tertiary alicyclic amines) is 1. The van der Waals surface area contributed by atoms with Gasteiger partial charge in [0.2, 0.25) is 0 Å². The van der Waals surface area contributed by atoms with E-state index in [0.717, 1.165) is 30.8 Å². The van der Waals surface area contributed by atoms with Crippen molar-refractivity contribution in [2.75, 3.05) is 32.1 Å². The second-order valence-electron chi connectivity index (χ2n) is 6.92. The molecule has 0 bridgehead atoms. The topological polar surface area (TPSA) is 67.9 Å². The summed E-state index contributed by atoms with van der Waals surface area (Å²) in [6, 6.07) is 14.8. The molecule has 1 amide bonds. The molecule has 0 spiro atoms. The first kappa shape index (κ1) is 19.7. The van der Waals surface area contributed by atoms with E-state index in [-0.39, 0.29) is 24.3 Å². The Balaban J connectivity index is 1.50. The van der Waals surface area contributed by atoms with Crippen molar-refractivity contribution >= 4 is 17.4 Å². The van der Waals surface area contributed by atoms with Crippen molar-refractivity contribution in [1.82, 2.24) is 4.90 Å². The van der Waals surface area contributed by atoms with E-state index in [2.05, 4.69) is 5.32 Å². The Morgan fingerprint density at radius 1 is 1.07 bits per heavy atom. The van der Waals surface area contributed by atoms with Crippen LogP contribution in [0.2, 0.25) is 0 Å². The molecule has 0 aromatic heterocycles. The number of methoxy groups -OCH3 is 1. The van der Waals surface area contributed by atoms with Crippen molar-refractivity contribution in [2.45, 2.75) is 25.8 Å². The van der Waals surface area contributed by atoms with Crippen molar-refractivity contribution in [3.63, 3.8) is 0 Å². The van der Waals surface area contributed by atoms with Crippen LogP contribution in [0.3, 0.4) is 0 Å². The van der Waals surface area contributed by atoms with E-state index in [4.69, 9.17) is 9.47 Å². The number of ether oxygens (including phenoxy) is 2. The Kier molecular flexibility index (Phi) is 6.53. The fourth-order valence-corrected chi connectivity index (χ4v) is 3.27. The summed E-state index contributed by atoms with van der Waals surface area (Å²) in [5.41, 5.74) is 1.64. The SMILES string of the molecule is COc1ccc(N[C@H]2CCCN(C(=O)COc3ccc(C(C)=O)cc3)C2)cc1. The minimum atomic E-state index is -0.0307. The maximum absolute atomic E-state index is 12.5. The van der Waals surface area contributed by atoms with Crippen molar-refractivity contribution in [3.05, 3.63) is 54.1 Å². The molecule has 1 aliphatic rings. The number of hydrogen-bond acceptors (Lipinski definition) is 5. The number of rotatable bonds is 7. The van der Waals surface area contributed by atoms with Gasteiger partial charge in [0, 0.05) is 30.4 Å². The number of piperidine rings is 1. The normalized spacial score (nSPS) is 16.4. The minimum absolute atomic E-state index is 0.00528. The number of nitrogens with one attached hydrogen (secondary N) is 1. The van der Waals surface area contributed by atoms with Crippen LogP contribution < -0.4 is 14.8 Å². The zero-order valence-corrected chi connectivity index (χ0v) is 16.3. The van der Waals surface area contributed by atoms with Crippen LogP contribution in [0.5, 0.6) is 11.5 Å². The summed E-state index contributed by atoms with van der Waals surface area (Å²) >= 11 is 0. The predicted molar refractivity (Wildman–Crippen MR) is 108 cm³/mol. The van der Waals surface area contributed by atoms with Gasteiger partial charge in [0.25, 0.3) is 5.91 Å². The lowest BCUT2D eigenvalue weighted by Gasteiger charge is -2.33. The summed E-state index contributed by atoms with van der Waals surface area (Å²) in [6.07, 6.45) is 1.97. The van der Waals surface area contributed by atoms with Crippen molar-refractivity contribution in [1.29, 1.82) is 0 Å². The van der Waals surface area contributed by atoms with Gasteiger partial charge in [-0.25, -0.2) is 0 Å². The van der Waals surface area contributed by atoms with Crippen molar-refractivity contribution < 1.29 is 19.1 Å². The number of Topliss-reactive ketones (excluding diaryl/α,β-unsaturated/α-hetero) is 1. The molecular formula is C22H26N2O4. The van der Waals surface area contributed by atoms with Gasteiger partial charge < -0.3 is 19.7 Å². The highest BCUT2D eigenvalue weighted by molar-refractivity contribution is 5.94. The number of carbonyl (C=O) groups is 2. The highest BCUT2D eigenvalue weighted by Crippen LogP contribution is 2.20.